The van der Waals surface area contributed by atoms with Crippen molar-refractivity contribution in [3.63, 3.8) is 0 Å². The number of nitrogens with zero attached hydrogens (tertiary/aromatic N) is 1. The SMILES string of the molecule is CCN(CC)Cc1ccc(CNC2CCC(N)CC2)cc1. The molecule has 2 rings (SSSR count). The molecule has 0 amide bonds. The zero-order valence-corrected chi connectivity index (χ0v) is 13.6. The molecular formula is C18H31N3. The fourth-order valence-electron chi connectivity index (χ4n) is 3.05. The van der Waals surface area contributed by atoms with Crippen LogP contribution < -0.4 is 11.1 Å². The van der Waals surface area contributed by atoms with Crippen LogP contribution in [0.3, 0.4) is 0 Å². The molecule has 0 spiro atoms. The lowest BCUT2D eigenvalue weighted by Gasteiger charge is -2.27. The molecule has 1 saturated carbocycles. The Morgan fingerprint density at radius 1 is 1.00 bits per heavy atom. The maximum absolute atomic E-state index is 5.95. The van der Waals surface area contributed by atoms with Crippen LogP contribution in [-0.4, -0.2) is 30.1 Å². The van der Waals surface area contributed by atoms with Gasteiger partial charge in [-0.3, -0.25) is 4.90 Å². The molecule has 0 aromatic heterocycles. The van der Waals surface area contributed by atoms with Gasteiger partial charge in [-0.2, -0.15) is 0 Å². The van der Waals surface area contributed by atoms with Crippen molar-refractivity contribution in [1.82, 2.24) is 10.2 Å². The summed E-state index contributed by atoms with van der Waals surface area (Å²) in [5.74, 6) is 0. The summed E-state index contributed by atoms with van der Waals surface area (Å²) < 4.78 is 0. The van der Waals surface area contributed by atoms with Crippen LogP contribution in [0.2, 0.25) is 0 Å². The molecule has 1 aliphatic carbocycles. The summed E-state index contributed by atoms with van der Waals surface area (Å²) in [5.41, 5.74) is 8.74. The lowest BCUT2D eigenvalue weighted by atomic mass is 9.92. The van der Waals surface area contributed by atoms with Crippen molar-refractivity contribution in [1.29, 1.82) is 0 Å². The number of nitrogens with two attached hydrogens (primary N) is 1. The summed E-state index contributed by atoms with van der Waals surface area (Å²) in [6.07, 6.45) is 4.78. The third kappa shape index (κ3) is 5.42. The lowest BCUT2D eigenvalue weighted by Crippen LogP contribution is -2.37. The third-order valence-electron chi connectivity index (χ3n) is 4.69. The highest BCUT2D eigenvalue weighted by molar-refractivity contribution is 5.22. The first-order chi connectivity index (χ1) is 10.2. The van der Waals surface area contributed by atoms with Crippen molar-refractivity contribution in [2.24, 2.45) is 5.73 Å². The molecule has 0 unspecified atom stereocenters. The van der Waals surface area contributed by atoms with E-state index in [4.69, 9.17) is 5.73 Å². The van der Waals surface area contributed by atoms with Crippen LogP contribution in [0.25, 0.3) is 0 Å². The molecule has 3 N–H and O–H groups in total. The minimum Gasteiger partial charge on any atom is -0.328 e. The molecule has 1 aromatic carbocycles. The van der Waals surface area contributed by atoms with Gasteiger partial charge in [0.25, 0.3) is 0 Å². The molecule has 0 radical (unpaired) electrons. The molecule has 3 nitrogen and oxygen atoms in total. The highest BCUT2D eigenvalue weighted by Gasteiger charge is 2.17. The fourth-order valence-corrected chi connectivity index (χ4v) is 3.05. The molecule has 0 bridgehead atoms. The second-order valence-corrected chi connectivity index (χ2v) is 6.27. The Bertz CT molecular complexity index is 389. The van der Waals surface area contributed by atoms with E-state index >= 15 is 0 Å². The monoisotopic (exact) mass is 289 g/mol. The van der Waals surface area contributed by atoms with Crippen LogP contribution in [0, 0.1) is 0 Å². The number of hydrogen-bond donors (Lipinski definition) is 2. The highest BCUT2D eigenvalue weighted by atomic mass is 15.1. The Morgan fingerprint density at radius 3 is 2.14 bits per heavy atom. The Labute approximate surface area is 129 Å². The van der Waals surface area contributed by atoms with Crippen LogP contribution in [0.15, 0.2) is 24.3 Å². The second kappa shape index (κ2) is 8.52. The Balaban J connectivity index is 1.77. The largest absolute Gasteiger partial charge is 0.328 e. The first-order valence-corrected chi connectivity index (χ1v) is 8.50. The highest BCUT2D eigenvalue weighted by Crippen LogP contribution is 2.17. The van der Waals surface area contributed by atoms with Gasteiger partial charge >= 0.3 is 0 Å². The van der Waals surface area contributed by atoms with Crippen molar-refractivity contribution in [3.05, 3.63) is 35.4 Å². The van der Waals surface area contributed by atoms with Crippen LogP contribution in [0.4, 0.5) is 0 Å². The average Bonchev–Trinajstić information content (AvgIpc) is 2.53. The third-order valence-corrected chi connectivity index (χ3v) is 4.69. The van der Waals surface area contributed by atoms with E-state index in [0.717, 1.165) is 26.2 Å². The van der Waals surface area contributed by atoms with Crippen LogP contribution in [0.5, 0.6) is 0 Å². The average molecular weight is 289 g/mol. The summed E-state index contributed by atoms with van der Waals surface area (Å²) in [7, 11) is 0. The number of benzene rings is 1. The minimum absolute atomic E-state index is 0.433. The molecular weight excluding hydrogens is 258 g/mol. The Kier molecular flexibility index (Phi) is 6.68. The van der Waals surface area contributed by atoms with Crippen LogP contribution in [0.1, 0.15) is 50.7 Å². The standard InChI is InChI=1S/C18H31N3/c1-3-21(4-2)14-16-7-5-15(6-8-16)13-20-18-11-9-17(19)10-12-18/h5-8,17-18,20H,3-4,9-14,19H2,1-2H3. The van der Waals surface area contributed by atoms with E-state index in [0.29, 0.717) is 12.1 Å². The maximum atomic E-state index is 5.95. The van der Waals surface area contributed by atoms with Gasteiger partial charge in [-0.25, -0.2) is 0 Å². The van der Waals surface area contributed by atoms with Crippen molar-refractivity contribution in [2.45, 2.75) is 64.7 Å². The number of nitrogens with one attached hydrogen (secondary N) is 1. The quantitative estimate of drug-likeness (QED) is 0.811. The van der Waals surface area contributed by atoms with Gasteiger partial charge < -0.3 is 11.1 Å². The van der Waals surface area contributed by atoms with Crippen LogP contribution in [-0.2, 0) is 13.1 Å². The lowest BCUT2D eigenvalue weighted by molar-refractivity contribution is 0.296. The zero-order valence-electron chi connectivity index (χ0n) is 13.6. The van der Waals surface area contributed by atoms with Gasteiger partial charge in [-0.15, -0.1) is 0 Å². The van der Waals surface area contributed by atoms with Gasteiger partial charge in [-0.1, -0.05) is 38.1 Å². The molecule has 118 valence electrons. The fraction of sp³-hybridized carbons (Fsp3) is 0.667. The summed E-state index contributed by atoms with van der Waals surface area (Å²) in [4.78, 5) is 2.44. The van der Waals surface area contributed by atoms with Gasteiger partial charge in [0, 0.05) is 25.2 Å². The molecule has 21 heavy (non-hydrogen) atoms. The first kappa shape index (κ1) is 16.5. The van der Waals surface area contributed by atoms with E-state index in [1.165, 1.54) is 36.8 Å². The van der Waals surface area contributed by atoms with Crippen LogP contribution >= 0.6 is 0 Å². The van der Waals surface area contributed by atoms with E-state index in [-0.39, 0.29) is 0 Å². The summed E-state index contributed by atoms with van der Waals surface area (Å²) in [6, 6.07) is 10.2. The summed E-state index contributed by atoms with van der Waals surface area (Å²) in [5, 5.41) is 3.68. The summed E-state index contributed by atoms with van der Waals surface area (Å²) in [6.45, 7) is 8.70. The minimum atomic E-state index is 0.433. The van der Waals surface area contributed by atoms with Crippen molar-refractivity contribution in [2.75, 3.05) is 13.1 Å². The predicted octanol–water partition coefficient (Wildman–Crippen LogP) is 2.89. The van der Waals surface area contributed by atoms with Gasteiger partial charge in [0.15, 0.2) is 0 Å². The van der Waals surface area contributed by atoms with E-state index < -0.39 is 0 Å². The van der Waals surface area contributed by atoms with Gasteiger partial charge in [0.1, 0.15) is 0 Å². The van der Waals surface area contributed by atoms with Gasteiger partial charge in [-0.05, 0) is 49.9 Å². The van der Waals surface area contributed by atoms with E-state index in [9.17, 15) is 0 Å². The smallest absolute Gasteiger partial charge is 0.0233 e. The zero-order chi connectivity index (χ0) is 15.1. The van der Waals surface area contributed by atoms with E-state index in [2.05, 4.69) is 48.3 Å². The predicted molar refractivity (Wildman–Crippen MR) is 90.1 cm³/mol. The van der Waals surface area contributed by atoms with E-state index in [1.807, 2.05) is 0 Å². The Hall–Kier alpha value is -0.900. The Morgan fingerprint density at radius 2 is 1.57 bits per heavy atom. The van der Waals surface area contributed by atoms with Crippen molar-refractivity contribution in [3.8, 4) is 0 Å². The molecule has 1 aliphatic rings. The first-order valence-electron chi connectivity index (χ1n) is 8.50. The molecule has 0 aliphatic heterocycles. The maximum Gasteiger partial charge on any atom is 0.0233 e. The van der Waals surface area contributed by atoms with Crippen molar-refractivity contribution >= 4 is 0 Å². The molecule has 1 aromatic rings. The molecule has 0 heterocycles. The van der Waals surface area contributed by atoms with Crippen molar-refractivity contribution < 1.29 is 0 Å². The number of rotatable bonds is 7. The van der Waals surface area contributed by atoms with Gasteiger partial charge in [0.05, 0.1) is 0 Å². The summed E-state index contributed by atoms with van der Waals surface area (Å²) >= 11 is 0. The molecule has 0 saturated heterocycles. The molecule has 3 heteroatoms. The molecule has 1 fully saturated rings. The topological polar surface area (TPSA) is 41.3 Å². The second-order valence-electron chi connectivity index (χ2n) is 6.27. The number of hydrogen-bond acceptors (Lipinski definition) is 3. The molecule has 0 atom stereocenters. The van der Waals surface area contributed by atoms with E-state index in [1.54, 1.807) is 0 Å². The normalized spacial score (nSPS) is 22.7. The van der Waals surface area contributed by atoms with Gasteiger partial charge in [0.2, 0.25) is 0 Å².